The normalized spacial score (nSPS) is 16.5. The lowest BCUT2D eigenvalue weighted by atomic mass is 9.96. The molecule has 0 unspecified atom stereocenters. The number of sulfone groups is 1. The highest BCUT2D eigenvalue weighted by Crippen LogP contribution is 2.33. The summed E-state index contributed by atoms with van der Waals surface area (Å²) in [5, 5.41) is 13.9. The van der Waals surface area contributed by atoms with Crippen molar-refractivity contribution in [3.8, 4) is 11.4 Å². The van der Waals surface area contributed by atoms with Gasteiger partial charge in [-0.25, -0.2) is 8.42 Å². The van der Waals surface area contributed by atoms with Crippen LogP contribution in [0.15, 0.2) is 29.2 Å². The van der Waals surface area contributed by atoms with E-state index in [1.165, 1.54) is 6.26 Å². The summed E-state index contributed by atoms with van der Waals surface area (Å²) in [5.41, 5.74) is 2.44. The van der Waals surface area contributed by atoms with Crippen LogP contribution in [-0.4, -0.2) is 60.3 Å². The number of nitrogens with one attached hydrogen (secondary N) is 1. The minimum atomic E-state index is -3.40. The van der Waals surface area contributed by atoms with Crippen molar-refractivity contribution >= 4 is 15.4 Å². The molecule has 0 fully saturated rings. The summed E-state index contributed by atoms with van der Waals surface area (Å²) < 4.78 is 24.3. The first-order valence-corrected chi connectivity index (χ1v) is 8.81. The van der Waals surface area contributed by atoms with Crippen LogP contribution >= 0.6 is 0 Å². The Bertz CT molecular complexity index is 812. The lowest BCUT2D eigenvalue weighted by Crippen LogP contribution is -2.25. The van der Waals surface area contributed by atoms with Gasteiger partial charge in [0.25, 0.3) is 0 Å². The highest BCUT2D eigenvalue weighted by molar-refractivity contribution is 7.90. The molecule has 1 aliphatic rings. The molecule has 0 atom stereocenters. The van der Waals surface area contributed by atoms with E-state index in [2.05, 4.69) is 31.6 Å². The Morgan fingerprint density at radius 2 is 2.14 bits per heavy atom. The number of hydrogen-bond donors (Lipinski definition) is 1. The smallest absolute Gasteiger partial charge is 0.206 e. The van der Waals surface area contributed by atoms with Crippen molar-refractivity contribution in [2.45, 2.75) is 11.3 Å². The second kappa shape index (κ2) is 5.62. The molecular weight excluding hydrogens is 302 g/mol. The van der Waals surface area contributed by atoms with E-state index in [1.54, 1.807) is 12.1 Å². The van der Waals surface area contributed by atoms with Gasteiger partial charge < -0.3 is 4.90 Å². The molecule has 116 valence electrons. The Balaban J connectivity index is 2.25. The number of tetrazole rings is 1. The maximum Gasteiger partial charge on any atom is 0.206 e. The van der Waals surface area contributed by atoms with E-state index in [4.69, 9.17) is 0 Å². The molecule has 22 heavy (non-hydrogen) atoms. The highest BCUT2D eigenvalue weighted by atomic mass is 32.2. The van der Waals surface area contributed by atoms with Gasteiger partial charge in [-0.1, -0.05) is 18.2 Å². The van der Waals surface area contributed by atoms with Crippen molar-refractivity contribution in [2.24, 2.45) is 0 Å². The molecule has 3 rings (SSSR count). The summed E-state index contributed by atoms with van der Waals surface area (Å²) in [6.07, 6.45) is 4.27. The Labute approximate surface area is 129 Å². The van der Waals surface area contributed by atoms with Gasteiger partial charge in [0.15, 0.2) is 9.84 Å². The topological polar surface area (TPSA) is 91.8 Å². The van der Waals surface area contributed by atoms with Crippen molar-refractivity contribution in [1.82, 2.24) is 25.5 Å². The molecule has 1 aromatic heterocycles. The van der Waals surface area contributed by atoms with Gasteiger partial charge >= 0.3 is 0 Å². The standard InChI is InChI=1S/C14H17N5O2S/c1-19-8-4-5-10(9-19)11-6-3-7-12(22(2,20)21)13(11)14-15-17-18-16-14/h3,5-7H,4,8-9H2,1-2H3,(H,15,16,17,18). The molecule has 0 bridgehead atoms. The van der Waals surface area contributed by atoms with Crippen LogP contribution in [-0.2, 0) is 9.84 Å². The molecular formula is C14H17N5O2S. The third-order valence-electron chi connectivity index (χ3n) is 3.68. The first-order chi connectivity index (χ1) is 10.5. The first kappa shape index (κ1) is 14.9. The fraction of sp³-hybridized carbons (Fsp3) is 0.357. The quantitative estimate of drug-likeness (QED) is 0.907. The average Bonchev–Trinajstić information content (AvgIpc) is 2.99. The zero-order valence-corrected chi connectivity index (χ0v) is 13.3. The third kappa shape index (κ3) is 2.79. The molecule has 8 heteroatoms. The Morgan fingerprint density at radius 3 is 2.77 bits per heavy atom. The molecule has 0 amide bonds. The van der Waals surface area contributed by atoms with Crippen LogP contribution in [0.2, 0.25) is 0 Å². The Kier molecular flexibility index (Phi) is 3.79. The number of aromatic nitrogens is 4. The van der Waals surface area contributed by atoms with E-state index in [-0.39, 0.29) is 4.90 Å². The second-order valence-corrected chi connectivity index (χ2v) is 7.43. The van der Waals surface area contributed by atoms with Gasteiger partial charge in [0, 0.05) is 24.9 Å². The number of likely N-dealkylation sites (N-methyl/N-ethyl adjacent to an activating group) is 1. The largest absolute Gasteiger partial charge is 0.302 e. The molecule has 7 nitrogen and oxygen atoms in total. The molecule has 0 aliphatic carbocycles. The Hall–Kier alpha value is -2.06. The maximum absolute atomic E-state index is 12.1. The van der Waals surface area contributed by atoms with Crippen LogP contribution in [0.4, 0.5) is 0 Å². The van der Waals surface area contributed by atoms with Crippen molar-refractivity contribution in [1.29, 1.82) is 0 Å². The minimum absolute atomic E-state index is 0.223. The lowest BCUT2D eigenvalue weighted by molar-refractivity contribution is 0.373. The van der Waals surface area contributed by atoms with Crippen LogP contribution in [0.3, 0.4) is 0 Å². The third-order valence-corrected chi connectivity index (χ3v) is 4.82. The SMILES string of the molecule is CN1CCC=C(c2cccc(S(C)(=O)=O)c2-c2nn[nH]n2)C1. The molecule has 0 saturated carbocycles. The fourth-order valence-electron chi connectivity index (χ4n) is 2.69. The predicted octanol–water partition coefficient (Wildman–Crippen LogP) is 0.989. The summed E-state index contributed by atoms with van der Waals surface area (Å²) in [5.74, 6) is 0.296. The van der Waals surface area contributed by atoms with Gasteiger partial charge in [-0.15, -0.1) is 10.2 Å². The average molecular weight is 319 g/mol. The molecule has 0 radical (unpaired) electrons. The van der Waals surface area contributed by atoms with Crippen LogP contribution in [0, 0.1) is 0 Å². The van der Waals surface area contributed by atoms with E-state index in [0.717, 1.165) is 30.6 Å². The summed E-state index contributed by atoms with van der Waals surface area (Å²) in [7, 11) is -1.35. The minimum Gasteiger partial charge on any atom is -0.302 e. The van der Waals surface area contributed by atoms with Crippen LogP contribution in [0.5, 0.6) is 0 Å². The highest BCUT2D eigenvalue weighted by Gasteiger charge is 2.23. The van der Waals surface area contributed by atoms with E-state index in [0.29, 0.717) is 11.4 Å². The summed E-state index contributed by atoms with van der Waals surface area (Å²) in [6, 6.07) is 5.24. The van der Waals surface area contributed by atoms with Gasteiger partial charge in [-0.05, 0) is 35.9 Å². The summed E-state index contributed by atoms with van der Waals surface area (Å²) in [6.45, 7) is 1.75. The molecule has 0 saturated heterocycles. The number of rotatable bonds is 3. The maximum atomic E-state index is 12.1. The number of H-pyrrole nitrogens is 1. The van der Waals surface area contributed by atoms with Crippen molar-refractivity contribution < 1.29 is 8.42 Å². The van der Waals surface area contributed by atoms with E-state index >= 15 is 0 Å². The second-order valence-electron chi connectivity index (χ2n) is 5.44. The zero-order chi connectivity index (χ0) is 15.7. The van der Waals surface area contributed by atoms with E-state index < -0.39 is 9.84 Å². The van der Waals surface area contributed by atoms with Crippen LogP contribution in [0.25, 0.3) is 17.0 Å². The number of benzene rings is 1. The number of hydrogen-bond acceptors (Lipinski definition) is 6. The summed E-state index contributed by atoms with van der Waals surface area (Å²) in [4.78, 5) is 2.42. The molecule has 2 heterocycles. The van der Waals surface area contributed by atoms with Crippen molar-refractivity contribution in [3.05, 3.63) is 29.8 Å². The Morgan fingerprint density at radius 1 is 1.32 bits per heavy atom. The van der Waals surface area contributed by atoms with Gasteiger partial charge in [0.05, 0.1) is 4.90 Å². The van der Waals surface area contributed by atoms with Crippen molar-refractivity contribution in [3.63, 3.8) is 0 Å². The number of nitrogens with zero attached hydrogens (tertiary/aromatic N) is 4. The molecule has 0 spiro atoms. The van der Waals surface area contributed by atoms with Gasteiger partial charge in [-0.3, -0.25) is 0 Å². The predicted molar refractivity (Wildman–Crippen MR) is 82.8 cm³/mol. The number of aromatic amines is 1. The zero-order valence-electron chi connectivity index (χ0n) is 12.4. The van der Waals surface area contributed by atoms with Crippen LogP contribution in [0.1, 0.15) is 12.0 Å². The first-order valence-electron chi connectivity index (χ1n) is 6.91. The van der Waals surface area contributed by atoms with Gasteiger partial charge in [0.2, 0.25) is 5.82 Å². The van der Waals surface area contributed by atoms with Gasteiger partial charge in [-0.2, -0.15) is 5.21 Å². The van der Waals surface area contributed by atoms with E-state index in [1.807, 2.05) is 13.1 Å². The molecule has 1 N–H and O–H groups in total. The lowest BCUT2D eigenvalue weighted by Gasteiger charge is -2.24. The van der Waals surface area contributed by atoms with Gasteiger partial charge in [0.1, 0.15) is 0 Å². The fourth-order valence-corrected chi connectivity index (χ4v) is 3.59. The monoisotopic (exact) mass is 319 g/mol. The van der Waals surface area contributed by atoms with E-state index in [9.17, 15) is 8.42 Å². The summed E-state index contributed by atoms with van der Waals surface area (Å²) >= 11 is 0. The van der Waals surface area contributed by atoms with Crippen LogP contribution < -0.4 is 0 Å². The van der Waals surface area contributed by atoms with Crippen molar-refractivity contribution in [2.75, 3.05) is 26.4 Å². The molecule has 1 aliphatic heterocycles. The molecule has 1 aromatic carbocycles. The molecule has 2 aromatic rings.